The fourth-order valence-electron chi connectivity index (χ4n) is 3.08. The van der Waals surface area contributed by atoms with Gasteiger partial charge in [0, 0.05) is 18.6 Å². The van der Waals surface area contributed by atoms with Gasteiger partial charge in [-0.05, 0) is 31.7 Å². The maximum Gasteiger partial charge on any atom is 0.0900 e. The highest BCUT2D eigenvalue weighted by molar-refractivity contribution is 5.13. The van der Waals surface area contributed by atoms with Crippen LogP contribution >= 0.6 is 0 Å². The summed E-state index contributed by atoms with van der Waals surface area (Å²) in [6.07, 6.45) is 3.28. The molecule has 0 spiro atoms. The van der Waals surface area contributed by atoms with Crippen LogP contribution in [0.3, 0.4) is 0 Å². The van der Waals surface area contributed by atoms with Gasteiger partial charge in [0.2, 0.25) is 0 Å². The number of ether oxygens (including phenoxy) is 1. The summed E-state index contributed by atoms with van der Waals surface area (Å²) in [6, 6.07) is 11.3. The van der Waals surface area contributed by atoms with Crippen LogP contribution in [0.25, 0.3) is 0 Å². The number of hydrogen-bond donors (Lipinski definition) is 1. The van der Waals surface area contributed by atoms with E-state index in [2.05, 4.69) is 18.7 Å². The highest BCUT2D eigenvalue weighted by Crippen LogP contribution is 2.25. The summed E-state index contributed by atoms with van der Waals surface area (Å²) >= 11 is 0. The first-order valence-corrected chi connectivity index (χ1v) is 7.76. The van der Waals surface area contributed by atoms with Gasteiger partial charge in [-0.1, -0.05) is 37.3 Å². The van der Waals surface area contributed by atoms with Gasteiger partial charge in [0.05, 0.1) is 19.3 Å². The van der Waals surface area contributed by atoms with E-state index in [9.17, 15) is 5.11 Å². The minimum absolute atomic E-state index is 0.395. The third kappa shape index (κ3) is 4.30. The molecule has 3 atom stereocenters. The highest BCUT2D eigenvalue weighted by Gasteiger charge is 2.30. The molecule has 3 heteroatoms. The Bertz CT molecular complexity index is 382. The summed E-state index contributed by atoms with van der Waals surface area (Å²) in [6.45, 7) is 6.20. The van der Waals surface area contributed by atoms with Crippen LogP contribution in [0.1, 0.15) is 38.7 Å². The minimum atomic E-state index is -0.395. The molecule has 0 radical (unpaired) electrons. The summed E-state index contributed by atoms with van der Waals surface area (Å²) < 4.78 is 5.62. The zero-order valence-corrected chi connectivity index (χ0v) is 12.7. The second-order valence-corrected chi connectivity index (χ2v) is 5.84. The SMILES string of the molecule is CCC1CCC(C)N1CC(O)COCc1ccccc1. The van der Waals surface area contributed by atoms with Crippen LogP contribution in [0.15, 0.2) is 30.3 Å². The van der Waals surface area contributed by atoms with E-state index in [1.54, 1.807) is 0 Å². The van der Waals surface area contributed by atoms with Gasteiger partial charge in [-0.2, -0.15) is 0 Å². The molecule has 2 rings (SSSR count). The Morgan fingerprint density at radius 2 is 2.05 bits per heavy atom. The molecule has 1 saturated heterocycles. The molecule has 1 fully saturated rings. The molecule has 3 unspecified atom stereocenters. The van der Waals surface area contributed by atoms with E-state index in [-0.39, 0.29) is 0 Å². The number of benzene rings is 1. The van der Waals surface area contributed by atoms with E-state index in [1.807, 2.05) is 30.3 Å². The van der Waals surface area contributed by atoms with E-state index in [0.717, 1.165) is 12.1 Å². The van der Waals surface area contributed by atoms with Crippen molar-refractivity contribution in [2.24, 2.45) is 0 Å². The molecule has 1 N–H and O–H groups in total. The van der Waals surface area contributed by atoms with Gasteiger partial charge < -0.3 is 9.84 Å². The van der Waals surface area contributed by atoms with E-state index >= 15 is 0 Å². The fraction of sp³-hybridized carbons (Fsp3) is 0.647. The molecule has 0 aromatic heterocycles. The molecule has 0 aliphatic carbocycles. The first-order chi connectivity index (χ1) is 9.70. The Balaban J connectivity index is 1.71. The Hall–Kier alpha value is -0.900. The van der Waals surface area contributed by atoms with Crippen LogP contribution in [0.5, 0.6) is 0 Å². The van der Waals surface area contributed by atoms with E-state index in [0.29, 0.717) is 25.3 Å². The lowest BCUT2D eigenvalue weighted by Crippen LogP contribution is -2.41. The van der Waals surface area contributed by atoms with Crippen molar-refractivity contribution in [3.8, 4) is 0 Å². The molecule has 1 heterocycles. The number of aliphatic hydroxyl groups is 1. The van der Waals surface area contributed by atoms with Crippen molar-refractivity contribution >= 4 is 0 Å². The van der Waals surface area contributed by atoms with Crippen molar-refractivity contribution in [1.29, 1.82) is 0 Å². The zero-order chi connectivity index (χ0) is 14.4. The van der Waals surface area contributed by atoms with Crippen LogP contribution < -0.4 is 0 Å². The first-order valence-electron chi connectivity index (χ1n) is 7.76. The van der Waals surface area contributed by atoms with Crippen LogP contribution in [-0.2, 0) is 11.3 Å². The molecule has 112 valence electrons. The number of nitrogens with zero attached hydrogens (tertiary/aromatic N) is 1. The Morgan fingerprint density at radius 1 is 1.30 bits per heavy atom. The van der Waals surface area contributed by atoms with E-state index in [4.69, 9.17) is 4.74 Å². The largest absolute Gasteiger partial charge is 0.389 e. The number of β-amino-alcohol motifs (C(OH)–C–C–N with tert-alkyl or cyclic N) is 1. The van der Waals surface area contributed by atoms with Crippen molar-refractivity contribution in [1.82, 2.24) is 4.90 Å². The summed E-state index contributed by atoms with van der Waals surface area (Å²) in [5, 5.41) is 10.2. The topological polar surface area (TPSA) is 32.7 Å². The zero-order valence-electron chi connectivity index (χ0n) is 12.7. The maximum atomic E-state index is 10.2. The van der Waals surface area contributed by atoms with Crippen LogP contribution in [-0.4, -0.2) is 41.3 Å². The van der Waals surface area contributed by atoms with Gasteiger partial charge in [0.1, 0.15) is 0 Å². The van der Waals surface area contributed by atoms with Crippen molar-refractivity contribution in [3.63, 3.8) is 0 Å². The lowest BCUT2D eigenvalue weighted by atomic mass is 10.1. The van der Waals surface area contributed by atoms with Crippen molar-refractivity contribution in [2.75, 3.05) is 13.2 Å². The monoisotopic (exact) mass is 277 g/mol. The predicted octanol–water partition coefficient (Wildman–Crippen LogP) is 2.83. The Labute approximate surface area is 122 Å². The van der Waals surface area contributed by atoms with Crippen LogP contribution in [0, 0.1) is 0 Å². The molecule has 0 amide bonds. The number of likely N-dealkylation sites (tertiary alicyclic amines) is 1. The van der Waals surface area contributed by atoms with Gasteiger partial charge in [-0.25, -0.2) is 0 Å². The van der Waals surface area contributed by atoms with Gasteiger partial charge >= 0.3 is 0 Å². The second-order valence-electron chi connectivity index (χ2n) is 5.84. The van der Waals surface area contributed by atoms with Crippen molar-refractivity contribution < 1.29 is 9.84 Å². The first kappa shape index (κ1) is 15.5. The number of aliphatic hydroxyl groups excluding tert-OH is 1. The molecular weight excluding hydrogens is 250 g/mol. The Morgan fingerprint density at radius 3 is 2.75 bits per heavy atom. The fourth-order valence-corrected chi connectivity index (χ4v) is 3.08. The average molecular weight is 277 g/mol. The standard InChI is InChI=1S/C17H27NO2/c1-3-16-10-9-14(2)18(16)11-17(19)13-20-12-15-7-5-4-6-8-15/h4-8,14,16-17,19H,3,9-13H2,1-2H3. The van der Waals surface area contributed by atoms with Crippen LogP contribution in [0.2, 0.25) is 0 Å². The number of hydrogen-bond acceptors (Lipinski definition) is 3. The summed E-state index contributed by atoms with van der Waals surface area (Å²) in [5.41, 5.74) is 1.15. The van der Waals surface area contributed by atoms with E-state index < -0.39 is 6.10 Å². The maximum absolute atomic E-state index is 10.2. The molecule has 1 aromatic carbocycles. The van der Waals surface area contributed by atoms with Crippen molar-refractivity contribution in [2.45, 2.75) is 57.9 Å². The Kier molecular flexibility index (Phi) is 6.02. The molecule has 0 bridgehead atoms. The molecular formula is C17H27NO2. The summed E-state index contributed by atoms with van der Waals surface area (Å²) in [4.78, 5) is 2.44. The normalized spacial score (nSPS) is 24.9. The molecule has 1 aliphatic rings. The lowest BCUT2D eigenvalue weighted by Gasteiger charge is -2.29. The average Bonchev–Trinajstić information content (AvgIpc) is 2.81. The van der Waals surface area contributed by atoms with Gasteiger partial charge in [-0.15, -0.1) is 0 Å². The molecule has 3 nitrogen and oxygen atoms in total. The van der Waals surface area contributed by atoms with E-state index in [1.165, 1.54) is 19.3 Å². The smallest absolute Gasteiger partial charge is 0.0900 e. The van der Waals surface area contributed by atoms with Gasteiger partial charge in [0.25, 0.3) is 0 Å². The van der Waals surface area contributed by atoms with Crippen molar-refractivity contribution in [3.05, 3.63) is 35.9 Å². The van der Waals surface area contributed by atoms with Crippen LogP contribution in [0.4, 0.5) is 0 Å². The second kappa shape index (κ2) is 7.77. The number of rotatable bonds is 7. The van der Waals surface area contributed by atoms with Gasteiger partial charge in [0.15, 0.2) is 0 Å². The predicted molar refractivity (Wildman–Crippen MR) is 81.6 cm³/mol. The quantitative estimate of drug-likeness (QED) is 0.832. The molecule has 0 saturated carbocycles. The summed E-state index contributed by atoms with van der Waals surface area (Å²) in [5.74, 6) is 0. The molecule has 20 heavy (non-hydrogen) atoms. The molecule has 1 aromatic rings. The molecule has 1 aliphatic heterocycles. The summed E-state index contributed by atoms with van der Waals surface area (Å²) in [7, 11) is 0. The lowest BCUT2D eigenvalue weighted by molar-refractivity contribution is 0.00181. The third-order valence-corrected chi connectivity index (χ3v) is 4.27. The minimum Gasteiger partial charge on any atom is -0.389 e. The third-order valence-electron chi connectivity index (χ3n) is 4.27. The highest BCUT2D eigenvalue weighted by atomic mass is 16.5. The van der Waals surface area contributed by atoms with Gasteiger partial charge in [-0.3, -0.25) is 4.90 Å².